The number of hydrogen-bond donors (Lipinski definition) is 1. The number of aromatic nitrogens is 2. The van der Waals surface area contributed by atoms with E-state index in [0.717, 1.165) is 23.4 Å². The van der Waals surface area contributed by atoms with E-state index in [1.807, 2.05) is 42.3 Å². The van der Waals surface area contributed by atoms with Gasteiger partial charge < -0.3 is 14.7 Å². The number of carbonyl (C=O) groups is 1. The summed E-state index contributed by atoms with van der Waals surface area (Å²) in [5.41, 5.74) is 0.163. The number of rotatable bonds is 1. The number of aromatic hydroxyl groups is 1. The van der Waals surface area contributed by atoms with Crippen LogP contribution < -0.4 is 10.4 Å². The second-order valence-corrected chi connectivity index (χ2v) is 8.72. The Morgan fingerprint density at radius 3 is 2.85 bits per heavy atom. The molecule has 1 aliphatic carbocycles. The highest BCUT2D eigenvalue weighted by atomic mass is 16.5. The van der Waals surface area contributed by atoms with Crippen LogP contribution in [-0.2, 0) is 10.3 Å². The SMILES string of the molecule is CC1C=C2OC/C=C\CN3CN(n4ccc(=O)c(O)c4C3=O)[C@](C)(c3ccccn3)C2=CC1. The van der Waals surface area contributed by atoms with E-state index in [1.165, 1.54) is 6.07 Å². The maximum atomic E-state index is 13.3. The van der Waals surface area contributed by atoms with Gasteiger partial charge in [0, 0.05) is 30.6 Å². The van der Waals surface area contributed by atoms with Gasteiger partial charge in [-0.15, -0.1) is 0 Å². The molecule has 0 radical (unpaired) electrons. The zero-order chi connectivity index (χ0) is 23.2. The molecule has 2 aliphatic heterocycles. The molecule has 0 fully saturated rings. The fraction of sp³-hybridized carbons (Fsp3) is 0.320. The van der Waals surface area contributed by atoms with E-state index in [-0.39, 0.29) is 12.4 Å². The summed E-state index contributed by atoms with van der Waals surface area (Å²) in [6.07, 6.45) is 12.1. The van der Waals surface area contributed by atoms with Crippen LogP contribution in [0.5, 0.6) is 5.75 Å². The van der Waals surface area contributed by atoms with Gasteiger partial charge in [-0.2, -0.15) is 0 Å². The number of fused-ring (bicyclic) bond motifs is 5. The summed E-state index contributed by atoms with van der Waals surface area (Å²) in [5.74, 6) is 0.121. The van der Waals surface area contributed by atoms with Crippen molar-refractivity contribution in [3.8, 4) is 5.75 Å². The summed E-state index contributed by atoms with van der Waals surface area (Å²) < 4.78 is 7.80. The molecule has 1 unspecified atom stereocenters. The highest BCUT2D eigenvalue weighted by Gasteiger charge is 2.47. The van der Waals surface area contributed by atoms with Crippen LogP contribution in [0.2, 0.25) is 0 Å². The first-order valence-electron chi connectivity index (χ1n) is 11.0. The molecular formula is C25H26N4O4. The lowest BCUT2D eigenvalue weighted by Gasteiger charge is -2.50. The quantitative estimate of drug-likeness (QED) is 0.678. The summed E-state index contributed by atoms with van der Waals surface area (Å²) in [4.78, 5) is 31.9. The summed E-state index contributed by atoms with van der Waals surface area (Å²) >= 11 is 0. The molecule has 0 saturated carbocycles. The number of nitrogens with zero attached hydrogens (tertiary/aromatic N) is 4. The Morgan fingerprint density at radius 2 is 2.06 bits per heavy atom. The summed E-state index contributed by atoms with van der Waals surface area (Å²) in [5, 5.41) is 12.6. The molecule has 5 rings (SSSR count). The van der Waals surface area contributed by atoms with Gasteiger partial charge in [0.2, 0.25) is 5.43 Å². The van der Waals surface area contributed by atoms with Gasteiger partial charge in [-0.05, 0) is 43.5 Å². The Balaban J connectivity index is 1.82. The number of amides is 1. The predicted molar refractivity (Wildman–Crippen MR) is 123 cm³/mol. The van der Waals surface area contributed by atoms with Gasteiger partial charge in [-0.1, -0.05) is 25.1 Å². The van der Waals surface area contributed by atoms with E-state index >= 15 is 0 Å². The minimum atomic E-state index is -0.868. The van der Waals surface area contributed by atoms with Gasteiger partial charge in [-0.25, -0.2) is 0 Å². The van der Waals surface area contributed by atoms with E-state index in [1.54, 1.807) is 22.0 Å². The number of allylic oxidation sites excluding steroid dienone is 2. The molecule has 2 aromatic rings. The largest absolute Gasteiger partial charge is 0.502 e. The first-order valence-corrected chi connectivity index (χ1v) is 11.0. The van der Waals surface area contributed by atoms with Crippen molar-refractivity contribution < 1.29 is 14.6 Å². The molecule has 1 N–H and O–H groups in total. The number of carbonyl (C=O) groups excluding carboxylic acids is 1. The lowest BCUT2D eigenvalue weighted by atomic mass is 9.81. The average Bonchev–Trinajstić information content (AvgIpc) is 2.84. The monoisotopic (exact) mass is 446 g/mol. The Morgan fingerprint density at radius 1 is 1.21 bits per heavy atom. The Labute approximate surface area is 191 Å². The van der Waals surface area contributed by atoms with Gasteiger partial charge in [0.25, 0.3) is 5.91 Å². The van der Waals surface area contributed by atoms with Crippen LogP contribution in [0, 0.1) is 5.92 Å². The van der Waals surface area contributed by atoms with Gasteiger partial charge in [0.15, 0.2) is 11.4 Å². The van der Waals surface area contributed by atoms with Crippen molar-refractivity contribution >= 4 is 5.91 Å². The topological polar surface area (TPSA) is 87.9 Å². The van der Waals surface area contributed by atoms with E-state index in [9.17, 15) is 14.7 Å². The second kappa shape index (κ2) is 7.95. The van der Waals surface area contributed by atoms with Crippen LogP contribution in [0.25, 0.3) is 0 Å². The molecule has 1 amide bonds. The highest BCUT2D eigenvalue weighted by molar-refractivity contribution is 5.96. The fourth-order valence-electron chi connectivity index (χ4n) is 4.71. The van der Waals surface area contributed by atoms with Crippen LogP contribution in [-0.4, -0.2) is 45.4 Å². The summed E-state index contributed by atoms with van der Waals surface area (Å²) in [6, 6.07) is 7.00. The Hall–Kier alpha value is -3.81. The van der Waals surface area contributed by atoms with Gasteiger partial charge in [0.1, 0.15) is 24.6 Å². The third-order valence-corrected chi connectivity index (χ3v) is 6.54. The van der Waals surface area contributed by atoms with Crippen LogP contribution >= 0.6 is 0 Å². The number of pyridine rings is 2. The van der Waals surface area contributed by atoms with E-state index < -0.39 is 22.6 Å². The maximum Gasteiger partial charge on any atom is 0.278 e. The normalized spacial score (nSPS) is 25.6. The minimum Gasteiger partial charge on any atom is -0.502 e. The molecule has 170 valence electrons. The maximum absolute atomic E-state index is 13.3. The molecule has 8 nitrogen and oxygen atoms in total. The molecule has 2 aromatic heterocycles. The van der Waals surface area contributed by atoms with Crippen LogP contribution in [0.3, 0.4) is 0 Å². The fourth-order valence-corrected chi connectivity index (χ4v) is 4.71. The lowest BCUT2D eigenvalue weighted by molar-refractivity contribution is 0.0682. The minimum absolute atomic E-state index is 0.0558. The molecule has 2 bridgehead atoms. The van der Waals surface area contributed by atoms with Crippen molar-refractivity contribution in [2.45, 2.75) is 25.8 Å². The van der Waals surface area contributed by atoms with Crippen molar-refractivity contribution in [1.29, 1.82) is 0 Å². The zero-order valence-electron chi connectivity index (χ0n) is 18.6. The molecule has 33 heavy (non-hydrogen) atoms. The third kappa shape index (κ3) is 3.33. The van der Waals surface area contributed by atoms with Crippen molar-refractivity contribution in [2.75, 3.05) is 24.8 Å². The standard InChI is InChI=1S/C25H26N4O4/c1-17-8-9-18-20(15-17)33-14-6-5-12-27-16-29(25(18,2)21-7-3-4-11-26-21)28-13-10-19(30)23(31)22(28)24(27)32/h3-7,9-11,13,15,17,31H,8,12,14,16H2,1-2H3/b6-5-/t17?,25-/m0/s1. The predicted octanol–water partition coefficient (Wildman–Crippen LogP) is 2.65. The highest BCUT2D eigenvalue weighted by Crippen LogP contribution is 2.42. The number of hydrogen-bond acceptors (Lipinski definition) is 6. The van der Waals surface area contributed by atoms with Crippen molar-refractivity contribution in [3.05, 3.63) is 93.9 Å². The van der Waals surface area contributed by atoms with Crippen LogP contribution in [0.1, 0.15) is 36.5 Å². The van der Waals surface area contributed by atoms with Crippen LogP contribution in [0.15, 0.2) is 77.1 Å². The van der Waals surface area contributed by atoms with E-state index in [2.05, 4.69) is 19.1 Å². The summed E-state index contributed by atoms with van der Waals surface area (Å²) in [6.45, 7) is 5.08. The van der Waals surface area contributed by atoms with Gasteiger partial charge in [0.05, 0.1) is 5.69 Å². The van der Waals surface area contributed by atoms with Crippen molar-refractivity contribution in [3.63, 3.8) is 0 Å². The second-order valence-electron chi connectivity index (χ2n) is 8.72. The van der Waals surface area contributed by atoms with Crippen molar-refractivity contribution in [1.82, 2.24) is 14.6 Å². The number of ether oxygens (including phenoxy) is 1. The molecule has 0 saturated heterocycles. The van der Waals surface area contributed by atoms with E-state index in [4.69, 9.17) is 9.72 Å². The summed E-state index contributed by atoms with van der Waals surface area (Å²) in [7, 11) is 0. The Kier molecular flexibility index (Phi) is 5.08. The zero-order valence-corrected chi connectivity index (χ0v) is 18.6. The van der Waals surface area contributed by atoms with E-state index in [0.29, 0.717) is 19.1 Å². The average molecular weight is 447 g/mol. The third-order valence-electron chi connectivity index (χ3n) is 6.54. The molecular weight excluding hydrogens is 420 g/mol. The van der Waals surface area contributed by atoms with Gasteiger partial charge in [-0.3, -0.25) is 24.3 Å². The molecule has 4 heterocycles. The van der Waals surface area contributed by atoms with Crippen molar-refractivity contribution in [2.24, 2.45) is 5.92 Å². The van der Waals surface area contributed by atoms with Crippen LogP contribution in [0.4, 0.5) is 0 Å². The molecule has 3 aliphatic rings. The first kappa shape index (κ1) is 21.1. The smallest absolute Gasteiger partial charge is 0.278 e. The lowest BCUT2D eigenvalue weighted by Crippen LogP contribution is -2.62. The van der Waals surface area contributed by atoms with Gasteiger partial charge >= 0.3 is 0 Å². The first-order chi connectivity index (χ1) is 15.9. The molecule has 2 atom stereocenters. The molecule has 8 heteroatoms. The molecule has 0 spiro atoms. The molecule has 0 aromatic carbocycles. The Bertz CT molecular complexity index is 1250.